The molecule has 0 amide bonds. The molecule has 0 spiro atoms. The van der Waals surface area contributed by atoms with Crippen LogP contribution in [0.15, 0.2) is 115 Å². The lowest BCUT2D eigenvalue weighted by Crippen LogP contribution is -1.94. The molecule has 27 heavy (non-hydrogen) atoms. The van der Waals surface area contributed by atoms with E-state index in [2.05, 4.69) is 96.8 Å². The van der Waals surface area contributed by atoms with Crippen LogP contribution in [0.2, 0.25) is 0 Å². The van der Waals surface area contributed by atoms with Crippen LogP contribution in [-0.4, -0.2) is 0 Å². The molecule has 0 saturated heterocycles. The Morgan fingerprint density at radius 1 is 0.667 bits per heavy atom. The molecule has 1 N–H and O–H groups in total. The minimum atomic E-state index is 0.859. The first kappa shape index (κ1) is 16.9. The van der Waals surface area contributed by atoms with E-state index in [-0.39, 0.29) is 0 Å². The highest BCUT2D eigenvalue weighted by Gasteiger charge is 2.00. The van der Waals surface area contributed by atoms with Crippen LogP contribution in [0.4, 0.5) is 5.69 Å². The lowest BCUT2D eigenvalue weighted by Gasteiger charge is -2.08. The molecule has 4 aromatic rings. The third-order valence-electron chi connectivity index (χ3n) is 4.55. The van der Waals surface area contributed by atoms with Gasteiger partial charge in [-0.05, 0) is 51.7 Å². The monoisotopic (exact) mass is 347 g/mol. The number of benzene rings is 4. The first-order valence-corrected chi connectivity index (χ1v) is 9.06. The average molecular weight is 347 g/mol. The summed E-state index contributed by atoms with van der Waals surface area (Å²) < 4.78 is 0. The van der Waals surface area contributed by atoms with Gasteiger partial charge in [0.2, 0.25) is 0 Å². The van der Waals surface area contributed by atoms with Gasteiger partial charge in [0.05, 0.1) is 0 Å². The standard InChI is InChI=1S/C26H21N/c1-20(11-12-21-7-3-2-4-8-21)27-26-17-15-23(16-18-26)25-14-13-22-9-5-6-10-24(22)19-25/h2-19,27H,1H2/b12-11-. The summed E-state index contributed by atoms with van der Waals surface area (Å²) in [5, 5.41) is 5.86. The fourth-order valence-corrected chi connectivity index (χ4v) is 3.10. The molecule has 1 nitrogen and oxygen atoms in total. The van der Waals surface area contributed by atoms with E-state index < -0.39 is 0 Å². The predicted molar refractivity (Wildman–Crippen MR) is 118 cm³/mol. The Bertz CT molecular complexity index is 1090. The molecule has 0 aliphatic carbocycles. The molecule has 0 bridgehead atoms. The van der Waals surface area contributed by atoms with Gasteiger partial charge in [-0.25, -0.2) is 0 Å². The van der Waals surface area contributed by atoms with E-state index in [4.69, 9.17) is 0 Å². The molecule has 0 aliphatic rings. The highest BCUT2D eigenvalue weighted by Crippen LogP contribution is 2.26. The van der Waals surface area contributed by atoms with Crippen LogP contribution in [-0.2, 0) is 0 Å². The van der Waals surface area contributed by atoms with Crippen molar-refractivity contribution in [3.05, 3.63) is 121 Å². The van der Waals surface area contributed by atoms with Crippen molar-refractivity contribution < 1.29 is 0 Å². The van der Waals surface area contributed by atoms with Crippen LogP contribution in [0.1, 0.15) is 5.56 Å². The van der Waals surface area contributed by atoms with Crippen LogP contribution >= 0.6 is 0 Å². The second-order valence-electron chi connectivity index (χ2n) is 6.53. The second-order valence-corrected chi connectivity index (χ2v) is 6.53. The summed E-state index contributed by atoms with van der Waals surface area (Å²) in [6.45, 7) is 4.08. The Morgan fingerprint density at radius 2 is 1.33 bits per heavy atom. The highest BCUT2D eigenvalue weighted by atomic mass is 14.9. The predicted octanol–water partition coefficient (Wildman–Crippen LogP) is 7.15. The maximum atomic E-state index is 4.08. The van der Waals surface area contributed by atoms with Crippen molar-refractivity contribution in [3.63, 3.8) is 0 Å². The minimum Gasteiger partial charge on any atom is -0.356 e. The molecule has 0 saturated carbocycles. The smallest absolute Gasteiger partial charge is 0.0384 e. The van der Waals surface area contributed by atoms with E-state index in [9.17, 15) is 0 Å². The van der Waals surface area contributed by atoms with Crippen molar-refractivity contribution in [1.82, 2.24) is 0 Å². The van der Waals surface area contributed by atoms with Crippen molar-refractivity contribution in [2.75, 3.05) is 5.32 Å². The normalized spacial score (nSPS) is 11.0. The summed E-state index contributed by atoms with van der Waals surface area (Å²) in [6.07, 6.45) is 4.05. The molecular weight excluding hydrogens is 326 g/mol. The number of hydrogen-bond donors (Lipinski definition) is 1. The van der Waals surface area contributed by atoms with E-state index in [0.717, 1.165) is 16.9 Å². The van der Waals surface area contributed by atoms with Gasteiger partial charge < -0.3 is 5.32 Å². The van der Waals surface area contributed by atoms with Crippen LogP contribution in [0.3, 0.4) is 0 Å². The molecule has 0 aliphatic heterocycles. The van der Waals surface area contributed by atoms with Crippen LogP contribution in [0.5, 0.6) is 0 Å². The van der Waals surface area contributed by atoms with Gasteiger partial charge in [0.25, 0.3) is 0 Å². The number of hydrogen-bond acceptors (Lipinski definition) is 1. The summed E-state index contributed by atoms with van der Waals surface area (Å²) in [7, 11) is 0. The van der Waals surface area contributed by atoms with Gasteiger partial charge >= 0.3 is 0 Å². The molecule has 0 unspecified atom stereocenters. The molecule has 0 aromatic heterocycles. The fourth-order valence-electron chi connectivity index (χ4n) is 3.10. The number of allylic oxidation sites excluding steroid dienone is 1. The van der Waals surface area contributed by atoms with E-state index in [1.54, 1.807) is 0 Å². The van der Waals surface area contributed by atoms with Gasteiger partial charge in [0.1, 0.15) is 0 Å². The minimum absolute atomic E-state index is 0.859. The van der Waals surface area contributed by atoms with Crippen molar-refractivity contribution in [2.45, 2.75) is 0 Å². The zero-order chi connectivity index (χ0) is 18.5. The summed E-state index contributed by atoms with van der Waals surface area (Å²) >= 11 is 0. The molecule has 130 valence electrons. The lowest BCUT2D eigenvalue weighted by molar-refractivity contribution is 1.50. The third kappa shape index (κ3) is 4.16. The van der Waals surface area contributed by atoms with Gasteiger partial charge in [-0.1, -0.05) is 91.5 Å². The summed E-state index contributed by atoms with van der Waals surface area (Å²) in [5.74, 6) is 0. The first-order chi connectivity index (χ1) is 13.3. The Morgan fingerprint density at radius 3 is 2.11 bits per heavy atom. The maximum Gasteiger partial charge on any atom is 0.0384 e. The zero-order valence-electron chi connectivity index (χ0n) is 15.1. The van der Waals surface area contributed by atoms with Crippen LogP contribution in [0, 0.1) is 0 Å². The molecular formula is C26H21N. The molecule has 4 aromatic carbocycles. The number of anilines is 1. The average Bonchev–Trinajstić information content (AvgIpc) is 2.73. The van der Waals surface area contributed by atoms with Gasteiger partial charge in [0.15, 0.2) is 0 Å². The molecule has 4 rings (SSSR count). The molecule has 1 heteroatoms. The largest absolute Gasteiger partial charge is 0.356 e. The van der Waals surface area contributed by atoms with Crippen molar-refractivity contribution >= 4 is 22.5 Å². The van der Waals surface area contributed by atoms with Gasteiger partial charge in [-0.2, -0.15) is 0 Å². The van der Waals surface area contributed by atoms with Crippen LogP contribution < -0.4 is 5.32 Å². The Kier molecular flexibility index (Phi) is 4.84. The Hall–Kier alpha value is -3.58. The topological polar surface area (TPSA) is 12.0 Å². The molecule has 0 radical (unpaired) electrons. The van der Waals surface area contributed by atoms with Crippen molar-refractivity contribution in [1.29, 1.82) is 0 Å². The first-order valence-electron chi connectivity index (χ1n) is 9.06. The van der Waals surface area contributed by atoms with Gasteiger partial charge in [-0.3, -0.25) is 0 Å². The Labute approximate surface area is 160 Å². The number of fused-ring (bicyclic) bond motifs is 1. The number of nitrogens with one attached hydrogen (secondary N) is 1. The molecule has 0 atom stereocenters. The van der Waals surface area contributed by atoms with E-state index in [0.29, 0.717) is 0 Å². The quantitative estimate of drug-likeness (QED) is 0.378. The second kappa shape index (κ2) is 7.76. The molecule has 0 heterocycles. The Balaban J connectivity index is 1.46. The van der Waals surface area contributed by atoms with Crippen molar-refractivity contribution in [3.8, 4) is 11.1 Å². The van der Waals surface area contributed by atoms with Gasteiger partial charge in [-0.15, -0.1) is 0 Å². The lowest BCUT2D eigenvalue weighted by atomic mass is 10.0. The number of rotatable bonds is 5. The summed E-state index contributed by atoms with van der Waals surface area (Å²) in [5.41, 5.74) is 5.48. The fraction of sp³-hybridized carbons (Fsp3) is 0. The van der Waals surface area contributed by atoms with Gasteiger partial charge in [0, 0.05) is 11.4 Å². The molecule has 0 fully saturated rings. The van der Waals surface area contributed by atoms with Crippen molar-refractivity contribution in [2.24, 2.45) is 0 Å². The zero-order valence-corrected chi connectivity index (χ0v) is 15.1. The van der Waals surface area contributed by atoms with E-state index >= 15 is 0 Å². The highest BCUT2D eigenvalue weighted by molar-refractivity contribution is 5.87. The van der Waals surface area contributed by atoms with E-state index in [1.807, 2.05) is 24.3 Å². The SMILES string of the molecule is C=C(/C=C\c1ccccc1)Nc1ccc(-c2ccc3ccccc3c2)cc1. The third-order valence-corrected chi connectivity index (χ3v) is 4.55. The van der Waals surface area contributed by atoms with E-state index in [1.165, 1.54) is 21.9 Å². The maximum absolute atomic E-state index is 4.08. The summed E-state index contributed by atoms with van der Waals surface area (Å²) in [6, 6.07) is 33.7. The van der Waals surface area contributed by atoms with Crippen LogP contribution in [0.25, 0.3) is 28.0 Å². The summed E-state index contributed by atoms with van der Waals surface area (Å²) in [4.78, 5) is 0.